The summed E-state index contributed by atoms with van der Waals surface area (Å²) in [7, 11) is 0. The van der Waals surface area contributed by atoms with Crippen molar-refractivity contribution in [2.45, 2.75) is 97.3 Å². The van der Waals surface area contributed by atoms with Crippen molar-refractivity contribution in [2.75, 3.05) is 19.8 Å². The molecule has 0 radical (unpaired) electrons. The zero-order valence-corrected chi connectivity index (χ0v) is 15.7. The zero-order chi connectivity index (χ0) is 17.6. The van der Waals surface area contributed by atoms with E-state index in [1.54, 1.807) is 0 Å². The molecule has 4 heteroatoms. The first kappa shape index (κ1) is 24.6. The summed E-state index contributed by atoms with van der Waals surface area (Å²) in [5, 5.41) is 7.42. The summed E-state index contributed by atoms with van der Waals surface area (Å²) < 4.78 is 5.49. The first-order chi connectivity index (χ1) is 11.1. The summed E-state index contributed by atoms with van der Waals surface area (Å²) >= 11 is 0. The standard InChI is InChI=1S/C17H37NO.C2H4O2/c1-2-3-4-5-6-7-8-9-10-11-12-13-16-19-17-14-15-18;1-2(3)4/h2-18H2,1H3;1H3,(H,3,4). The number of unbranched alkanes of at least 4 members (excludes halogenated alkanes) is 11. The Morgan fingerprint density at radius 1 is 0.783 bits per heavy atom. The number of carboxylic acids is 1. The fraction of sp³-hybridized carbons (Fsp3) is 0.947. The van der Waals surface area contributed by atoms with Gasteiger partial charge in [0.15, 0.2) is 0 Å². The molecule has 3 N–H and O–H groups in total. The molecule has 0 aliphatic heterocycles. The minimum absolute atomic E-state index is 0.748. The van der Waals surface area contributed by atoms with E-state index in [2.05, 4.69) is 6.92 Å². The lowest BCUT2D eigenvalue weighted by molar-refractivity contribution is -0.134. The van der Waals surface area contributed by atoms with Gasteiger partial charge in [-0.1, -0.05) is 77.6 Å². The second-order valence-corrected chi connectivity index (χ2v) is 6.16. The van der Waals surface area contributed by atoms with Gasteiger partial charge in [-0.15, -0.1) is 0 Å². The van der Waals surface area contributed by atoms with Gasteiger partial charge >= 0.3 is 0 Å². The van der Waals surface area contributed by atoms with Crippen LogP contribution in [0.2, 0.25) is 0 Å². The van der Waals surface area contributed by atoms with Crippen LogP contribution in [0.25, 0.3) is 0 Å². The Labute approximate surface area is 144 Å². The maximum Gasteiger partial charge on any atom is 0.300 e. The van der Waals surface area contributed by atoms with Crippen LogP contribution in [0, 0.1) is 0 Å². The van der Waals surface area contributed by atoms with Crippen molar-refractivity contribution in [2.24, 2.45) is 5.73 Å². The van der Waals surface area contributed by atoms with Crippen LogP contribution in [0.3, 0.4) is 0 Å². The molecule has 0 aromatic rings. The Balaban J connectivity index is 0. The lowest BCUT2D eigenvalue weighted by Gasteiger charge is -2.04. The lowest BCUT2D eigenvalue weighted by Crippen LogP contribution is -2.04. The number of rotatable bonds is 16. The summed E-state index contributed by atoms with van der Waals surface area (Å²) in [4.78, 5) is 9.00. The monoisotopic (exact) mass is 331 g/mol. The highest BCUT2D eigenvalue weighted by atomic mass is 16.5. The molecule has 0 aliphatic carbocycles. The molecule has 0 amide bonds. The maximum atomic E-state index is 9.00. The quantitative estimate of drug-likeness (QED) is 0.384. The van der Waals surface area contributed by atoms with E-state index in [-0.39, 0.29) is 0 Å². The van der Waals surface area contributed by atoms with E-state index in [0.29, 0.717) is 0 Å². The fourth-order valence-electron chi connectivity index (χ4n) is 2.33. The normalized spacial score (nSPS) is 10.2. The molecule has 0 bridgehead atoms. The van der Waals surface area contributed by atoms with Crippen LogP contribution in [-0.2, 0) is 9.53 Å². The van der Waals surface area contributed by atoms with Crippen molar-refractivity contribution < 1.29 is 14.6 Å². The second kappa shape index (κ2) is 23.7. The molecule has 4 nitrogen and oxygen atoms in total. The highest BCUT2D eigenvalue weighted by Crippen LogP contribution is 2.11. The van der Waals surface area contributed by atoms with Crippen LogP contribution in [-0.4, -0.2) is 30.8 Å². The van der Waals surface area contributed by atoms with E-state index < -0.39 is 5.97 Å². The van der Waals surface area contributed by atoms with E-state index in [1.165, 1.54) is 77.0 Å². The first-order valence-electron chi connectivity index (χ1n) is 9.62. The summed E-state index contributed by atoms with van der Waals surface area (Å²) in [6.45, 7) is 5.88. The van der Waals surface area contributed by atoms with E-state index in [4.69, 9.17) is 20.4 Å². The molecule has 0 aliphatic rings. The molecule has 0 aromatic heterocycles. The van der Waals surface area contributed by atoms with Gasteiger partial charge in [0.1, 0.15) is 0 Å². The number of carboxylic acid groups (broad SMARTS) is 1. The van der Waals surface area contributed by atoms with Crippen molar-refractivity contribution in [3.8, 4) is 0 Å². The predicted octanol–water partition coefficient (Wildman–Crippen LogP) is 5.14. The smallest absolute Gasteiger partial charge is 0.300 e. The summed E-state index contributed by atoms with van der Waals surface area (Å²) in [5.41, 5.74) is 5.40. The molecule has 23 heavy (non-hydrogen) atoms. The number of aliphatic carboxylic acids is 1. The average molecular weight is 332 g/mol. The molecule has 0 heterocycles. The Kier molecular flexibility index (Phi) is 25.3. The minimum atomic E-state index is -0.833. The first-order valence-corrected chi connectivity index (χ1v) is 9.62. The number of carbonyl (C=O) groups is 1. The number of nitrogens with two attached hydrogens (primary N) is 1. The molecule has 0 spiro atoms. The van der Waals surface area contributed by atoms with Gasteiger partial charge in [0, 0.05) is 20.1 Å². The summed E-state index contributed by atoms with van der Waals surface area (Å²) in [5.74, 6) is -0.833. The maximum absolute atomic E-state index is 9.00. The molecule has 0 atom stereocenters. The second-order valence-electron chi connectivity index (χ2n) is 6.16. The Bertz CT molecular complexity index is 203. The van der Waals surface area contributed by atoms with Crippen molar-refractivity contribution in [3.63, 3.8) is 0 Å². The SMILES string of the molecule is CC(=O)O.CCCCCCCCCCCCCCOCCCN. The van der Waals surface area contributed by atoms with Gasteiger partial charge in [-0.2, -0.15) is 0 Å². The Hall–Kier alpha value is -0.610. The van der Waals surface area contributed by atoms with Crippen LogP contribution < -0.4 is 5.73 Å². The van der Waals surface area contributed by atoms with Crippen LogP contribution in [0.15, 0.2) is 0 Å². The van der Waals surface area contributed by atoms with Crippen LogP contribution in [0.1, 0.15) is 97.3 Å². The third-order valence-electron chi connectivity index (χ3n) is 3.64. The third kappa shape index (κ3) is 34.0. The van der Waals surface area contributed by atoms with E-state index in [1.807, 2.05) is 0 Å². The van der Waals surface area contributed by atoms with Gasteiger partial charge in [0.2, 0.25) is 0 Å². The van der Waals surface area contributed by atoms with Gasteiger partial charge in [-0.05, 0) is 19.4 Å². The Morgan fingerprint density at radius 2 is 1.13 bits per heavy atom. The molecule has 0 unspecified atom stereocenters. The highest BCUT2D eigenvalue weighted by molar-refractivity contribution is 5.62. The average Bonchev–Trinajstić information content (AvgIpc) is 2.50. The predicted molar refractivity (Wildman–Crippen MR) is 98.9 cm³/mol. The Morgan fingerprint density at radius 3 is 1.52 bits per heavy atom. The van der Waals surface area contributed by atoms with Crippen molar-refractivity contribution >= 4 is 5.97 Å². The number of ether oxygens (including phenoxy) is 1. The summed E-state index contributed by atoms with van der Waals surface area (Å²) in [6, 6.07) is 0. The molecule has 0 fully saturated rings. The van der Waals surface area contributed by atoms with Crippen molar-refractivity contribution in [1.29, 1.82) is 0 Å². The zero-order valence-electron chi connectivity index (χ0n) is 15.7. The van der Waals surface area contributed by atoms with E-state index in [9.17, 15) is 0 Å². The van der Waals surface area contributed by atoms with Crippen molar-refractivity contribution in [3.05, 3.63) is 0 Å². The highest BCUT2D eigenvalue weighted by Gasteiger charge is 1.93. The van der Waals surface area contributed by atoms with Crippen LogP contribution in [0.5, 0.6) is 0 Å². The molecule has 0 aromatic carbocycles. The largest absolute Gasteiger partial charge is 0.481 e. The van der Waals surface area contributed by atoms with E-state index in [0.717, 1.165) is 33.1 Å². The molecule has 0 saturated carbocycles. The summed E-state index contributed by atoms with van der Waals surface area (Å²) in [6.07, 6.45) is 17.8. The van der Waals surface area contributed by atoms with Crippen LogP contribution >= 0.6 is 0 Å². The fourth-order valence-corrected chi connectivity index (χ4v) is 2.33. The van der Waals surface area contributed by atoms with E-state index >= 15 is 0 Å². The minimum Gasteiger partial charge on any atom is -0.481 e. The lowest BCUT2D eigenvalue weighted by atomic mass is 10.1. The number of hydrogen-bond acceptors (Lipinski definition) is 3. The van der Waals surface area contributed by atoms with Gasteiger partial charge in [-0.3, -0.25) is 4.79 Å². The van der Waals surface area contributed by atoms with Gasteiger partial charge in [-0.25, -0.2) is 0 Å². The third-order valence-corrected chi connectivity index (χ3v) is 3.64. The molecular weight excluding hydrogens is 290 g/mol. The molecule has 0 rings (SSSR count). The topological polar surface area (TPSA) is 72.5 Å². The molecule has 0 saturated heterocycles. The van der Waals surface area contributed by atoms with Gasteiger partial charge in [0.25, 0.3) is 5.97 Å². The number of hydrogen-bond donors (Lipinski definition) is 2. The van der Waals surface area contributed by atoms with Crippen LogP contribution in [0.4, 0.5) is 0 Å². The van der Waals surface area contributed by atoms with Gasteiger partial charge < -0.3 is 15.6 Å². The van der Waals surface area contributed by atoms with Crippen molar-refractivity contribution in [1.82, 2.24) is 0 Å². The van der Waals surface area contributed by atoms with Gasteiger partial charge in [0.05, 0.1) is 0 Å². The molecule has 140 valence electrons. The molecular formula is C19H41NO3.